The average molecular weight is 264 g/mol. The first-order valence-electron chi connectivity index (χ1n) is 4.46. The summed E-state index contributed by atoms with van der Waals surface area (Å²) >= 11 is 9.20. The second-order valence-corrected chi connectivity index (χ2v) is 3.78. The number of alkyl halides is 1. The molecule has 74 valence electrons. The maximum atomic E-state index is 5.74. The van der Waals surface area contributed by atoms with Crippen LogP contribution in [0.4, 0.5) is 0 Å². The largest absolute Gasteiger partial charge is 0.122 e. The molecule has 0 atom stereocenters. The van der Waals surface area contributed by atoms with Gasteiger partial charge in [0.1, 0.15) is 0 Å². The Morgan fingerprint density at radius 3 is 2.15 bits per heavy atom. The molecular weight excluding hydrogens is 247 g/mol. The van der Waals surface area contributed by atoms with Crippen molar-refractivity contribution in [2.24, 2.45) is 0 Å². The van der Waals surface area contributed by atoms with Gasteiger partial charge in [-0.05, 0) is 36.6 Å². The van der Waals surface area contributed by atoms with Gasteiger partial charge in [0.25, 0.3) is 0 Å². The lowest BCUT2D eigenvalue weighted by molar-refractivity contribution is 1.25. The van der Waals surface area contributed by atoms with E-state index in [1.54, 1.807) is 0 Å². The smallest absolute Gasteiger partial charge is 0.0477 e. The molecule has 1 rings (SSSR count). The molecule has 0 heterocycles. The zero-order chi connectivity index (χ0) is 10.4. The Bertz CT molecular complexity index is 269. The molecule has 1 aromatic rings. The summed E-state index contributed by atoms with van der Waals surface area (Å²) in [5.41, 5.74) is 3.72. The van der Waals surface area contributed by atoms with Crippen LogP contribution in [0.25, 0.3) is 0 Å². The van der Waals surface area contributed by atoms with Crippen LogP contribution in [0.3, 0.4) is 0 Å². The quantitative estimate of drug-likeness (QED) is 0.637. The van der Waals surface area contributed by atoms with Crippen LogP contribution in [0.5, 0.6) is 0 Å². The van der Waals surface area contributed by atoms with Crippen LogP contribution in [0, 0.1) is 13.8 Å². The van der Waals surface area contributed by atoms with Crippen LogP contribution in [-0.2, 0) is 5.88 Å². The van der Waals surface area contributed by atoms with Gasteiger partial charge in [-0.1, -0.05) is 35.8 Å². The fourth-order valence-corrected chi connectivity index (χ4v) is 1.69. The first-order chi connectivity index (χ1) is 6.15. The van der Waals surface area contributed by atoms with Gasteiger partial charge in [-0.15, -0.1) is 11.6 Å². The molecule has 0 bridgehead atoms. The highest BCUT2D eigenvalue weighted by atomic mass is 79.9. The Morgan fingerprint density at radius 1 is 1.15 bits per heavy atom. The third kappa shape index (κ3) is 3.70. The summed E-state index contributed by atoms with van der Waals surface area (Å²) in [5, 5.41) is 0. The van der Waals surface area contributed by atoms with E-state index in [2.05, 4.69) is 41.9 Å². The maximum Gasteiger partial charge on any atom is 0.0477 e. The molecule has 1 aromatic carbocycles. The van der Waals surface area contributed by atoms with E-state index in [0.29, 0.717) is 5.88 Å². The minimum atomic E-state index is 0.588. The lowest BCUT2D eigenvalue weighted by Gasteiger charge is -2.04. The van der Waals surface area contributed by atoms with Gasteiger partial charge in [-0.3, -0.25) is 0 Å². The molecular formula is C11H16BrCl. The third-order valence-corrected chi connectivity index (χ3v) is 2.90. The van der Waals surface area contributed by atoms with Crippen molar-refractivity contribution in [3.05, 3.63) is 33.3 Å². The molecule has 2 heteroatoms. The molecule has 0 saturated heterocycles. The third-order valence-electron chi connectivity index (χ3n) is 1.76. The number of hydrogen-bond acceptors (Lipinski definition) is 0. The van der Waals surface area contributed by atoms with E-state index in [-0.39, 0.29) is 0 Å². The number of halogens is 2. The molecule has 0 aliphatic carbocycles. The molecule has 0 unspecified atom stereocenters. The first kappa shape index (κ1) is 13.0. The second kappa shape index (κ2) is 6.44. The van der Waals surface area contributed by atoms with E-state index < -0.39 is 0 Å². The summed E-state index contributed by atoms with van der Waals surface area (Å²) in [4.78, 5) is 0. The standard InChI is InChI=1S/C9H10BrCl.C2H6/c1-6-3-7(2)9(10)4-8(6)5-11;1-2/h3-4H,5H2,1-2H3;1-2H3. The van der Waals surface area contributed by atoms with Crippen LogP contribution in [0.15, 0.2) is 16.6 Å². The van der Waals surface area contributed by atoms with E-state index in [4.69, 9.17) is 11.6 Å². The summed E-state index contributed by atoms with van der Waals surface area (Å²) in [5.74, 6) is 0.588. The summed E-state index contributed by atoms with van der Waals surface area (Å²) in [6.07, 6.45) is 0. The van der Waals surface area contributed by atoms with Gasteiger partial charge in [0.2, 0.25) is 0 Å². The summed E-state index contributed by atoms with van der Waals surface area (Å²) < 4.78 is 1.14. The molecule has 0 spiro atoms. The second-order valence-electron chi connectivity index (χ2n) is 2.66. The van der Waals surface area contributed by atoms with Crippen molar-refractivity contribution < 1.29 is 0 Å². The van der Waals surface area contributed by atoms with Crippen molar-refractivity contribution >= 4 is 27.5 Å². The van der Waals surface area contributed by atoms with Gasteiger partial charge >= 0.3 is 0 Å². The number of benzene rings is 1. The Balaban J connectivity index is 0.000000671. The molecule has 0 aromatic heterocycles. The van der Waals surface area contributed by atoms with Crippen LogP contribution in [0.2, 0.25) is 0 Å². The number of aryl methyl sites for hydroxylation is 2. The van der Waals surface area contributed by atoms with Gasteiger partial charge in [0.05, 0.1) is 0 Å². The predicted octanol–water partition coefficient (Wildman–Crippen LogP) is 4.83. The van der Waals surface area contributed by atoms with E-state index >= 15 is 0 Å². The van der Waals surface area contributed by atoms with Crippen molar-refractivity contribution in [2.75, 3.05) is 0 Å². The SMILES string of the molecule is CC.Cc1cc(C)c(CCl)cc1Br. The van der Waals surface area contributed by atoms with Gasteiger partial charge < -0.3 is 0 Å². The van der Waals surface area contributed by atoms with Gasteiger partial charge in [0, 0.05) is 10.4 Å². The Kier molecular flexibility index (Phi) is 6.44. The van der Waals surface area contributed by atoms with E-state index in [1.807, 2.05) is 13.8 Å². The zero-order valence-corrected chi connectivity index (χ0v) is 11.0. The summed E-state index contributed by atoms with van der Waals surface area (Å²) in [6.45, 7) is 8.16. The van der Waals surface area contributed by atoms with Crippen LogP contribution < -0.4 is 0 Å². The van der Waals surface area contributed by atoms with Crippen LogP contribution >= 0.6 is 27.5 Å². The molecule has 0 aliphatic heterocycles. The lowest BCUT2D eigenvalue weighted by atomic mass is 10.1. The highest BCUT2D eigenvalue weighted by Crippen LogP contribution is 2.21. The number of hydrogen-bond donors (Lipinski definition) is 0. The molecule has 0 nitrogen and oxygen atoms in total. The van der Waals surface area contributed by atoms with Gasteiger partial charge in [0.15, 0.2) is 0 Å². The molecule has 0 aliphatic rings. The highest BCUT2D eigenvalue weighted by Gasteiger charge is 2.00. The molecule has 0 N–H and O–H groups in total. The lowest BCUT2D eigenvalue weighted by Crippen LogP contribution is -1.87. The highest BCUT2D eigenvalue weighted by molar-refractivity contribution is 9.10. The molecule has 0 radical (unpaired) electrons. The minimum absolute atomic E-state index is 0.588. The normalized spacial score (nSPS) is 9.08. The van der Waals surface area contributed by atoms with E-state index in [1.165, 1.54) is 16.7 Å². The first-order valence-corrected chi connectivity index (χ1v) is 5.79. The average Bonchev–Trinajstić information content (AvgIpc) is 2.15. The van der Waals surface area contributed by atoms with Gasteiger partial charge in [-0.2, -0.15) is 0 Å². The van der Waals surface area contributed by atoms with Crippen LogP contribution in [0.1, 0.15) is 30.5 Å². The van der Waals surface area contributed by atoms with Crippen molar-refractivity contribution in [2.45, 2.75) is 33.6 Å². The predicted molar refractivity (Wildman–Crippen MR) is 64.5 cm³/mol. The fourth-order valence-electron chi connectivity index (χ4n) is 1.01. The number of rotatable bonds is 1. The molecule has 0 amide bonds. The maximum absolute atomic E-state index is 5.74. The zero-order valence-electron chi connectivity index (χ0n) is 8.62. The summed E-state index contributed by atoms with van der Waals surface area (Å²) in [6, 6.07) is 4.22. The van der Waals surface area contributed by atoms with E-state index in [0.717, 1.165) is 4.47 Å². The van der Waals surface area contributed by atoms with Crippen molar-refractivity contribution in [3.63, 3.8) is 0 Å². The molecule has 0 fully saturated rings. The Morgan fingerprint density at radius 2 is 1.69 bits per heavy atom. The van der Waals surface area contributed by atoms with Crippen molar-refractivity contribution in [3.8, 4) is 0 Å². The van der Waals surface area contributed by atoms with Crippen LogP contribution in [-0.4, -0.2) is 0 Å². The Labute approximate surface area is 94.4 Å². The van der Waals surface area contributed by atoms with E-state index in [9.17, 15) is 0 Å². The molecule has 13 heavy (non-hydrogen) atoms. The summed E-state index contributed by atoms with van der Waals surface area (Å²) in [7, 11) is 0. The minimum Gasteiger partial charge on any atom is -0.122 e. The topological polar surface area (TPSA) is 0 Å². The molecule has 0 saturated carbocycles. The monoisotopic (exact) mass is 262 g/mol. The van der Waals surface area contributed by atoms with Crippen molar-refractivity contribution in [1.29, 1.82) is 0 Å². The van der Waals surface area contributed by atoms with Crippen molar-refractivity contribution in [1.82, 2.24) is 0 Å². The van der Waals surface area contributed by atoms with Gasteiger partial charge in [-0.25, -0.2) is 0 Å². The Hall–Kier alpha value is -0.0100. The fraction of sp³-hybridized carbons (Fsp3) is 0.455.